The summed E-state index contributed by atoms with van der Waals surface area (Å²) in [5.41, 5.74) is 5.92. The molecule has 0 aromatic heterocycles. The van der Waals surface area contributed by atoms with Crippen LogP contribution in [0.15, 0.2) is 0 Å². The second-order valence-corrected chi connectivity index (χ2v) is 6.22. The van der Waals surface area contributed by atoms with E-state index in [-0.39, 0.29) is 5.92 Å². The summed E-state index contributed by atoms with van der Waals surface area (Å²) in [6, 6.07) is 0.391. The van der Waals surface area contributed by atoms with Crippen LogP contribution in [0, 0.1) is 11.8 Å². The molecule has 0 aromatic carbocycles. The summed E-state index contributed by atoms with van der Waals surface area (Å²) in [6.45, 7) is 5.65. The Balaban J connectivity index is 2.03. The van der Waals surface area contributed by atoms with Crippen molar-refractivity contribution in [1.82, 2.24) is 9.80 Å². The van der Waals surface area contributed by atoms with Gasteiger partial charge in [-0.25, -0.2) is 0 Å². The van der Waals surface area contributed by atoms with Crippen LogP contribution in [0.2, 0.25) is 0 Å². The molecule has 1 saturated carbocycles. The van der Waals surface area contributed by atoms with Crippen LogP contribution in [0.3, 0.4) is 0 Å². The monoisotopic (exact) mass is 267 g/mol. The molecule has 0 spiro atoms. The topological polar surface area (TPSA) is 49.6 Å². The van der Waals surface area contributed by atoms with Gasteiger partial charge in [-0.2, -0.15) is 0 Å². The molecule has 19 heavy (non-hydrogen) atoms. The van der Waals surface area contributed by atoms with Crippen molar-refractivity contribution in [2.24, 2.45) is 17.6 Å². The largest absolute Gasteiger partial charge is 0.339 e. The minimum atomic E-state index is 0.213. The van der Waals surface area contributed by atoms with E-state index in [1.807, 2.05) is 0 Å². The van der Waals surface area contributed by atoms with Crippen LogP contribution in [0.1, 0.15) is 39.0 Å². The summed E-state index contributed by atoms with van der Waals surface area (Å²) in [6.07, 6.45) is 5.87. The second-order valence-electron chi connectivity index (χ2n) is 6.22. The molecule has 2 rings (SSSR count). The van der Waals surface area contributed by atoms with Gasteiger partial charge in [-0.3, -0.25) is 4.79 Å². The molecule has 2 N–H and O–H groups in total. The van der Waals surface area contributed by atoms with Crippen molar-refractivity contribution >= 4 is 5.91 Å². The fourth-order valence-corrected chi connectivity index (χ4v) is 3.80. The molecule has 110 valence electrons. The first-order valence-corrected chi connectivity index (χ1v) is 7.86. The highest BCUT2D eigenvalue weighted by Crippen LogP contribution is 2.30. The molecule has 3 unspecified atom stereocenters. The summed E-state index contributed by atoms with van der Waals surface area (Å²) in [5, 5.41) is 0. The maximum Gasteiger partial charge on any atom is 0.227 e. The highest BCUT2D eigenvalue weighted by atomic mass is 16.2. The van der Waals surface area contributed by atoms with E-state index < -0.39 is 0 Å². The van der Waals surface area contributed by atoms with Gasteiger partial charge in [0.05, 0.1) is 5.92 Å². The van der Waals surface area contributed by atoms with Gasteiger partial charge in [-0.05, 0) is 52.2 Å². The van der Waals surface area contributed by atoms with Gasteiger partial charge in [0.1, 0.15) is 0 Å². The maximum absolute atomic E-state index is 12.7. The Morgan fingerprint density at radius 3 is 2.63 bits per heavy atom. The standard InChI is InChI=1S/C15H29N3O/c1-3-18(14-7-5-4-6-12(14)10-16)15(19)13-8-9-17(2)11-13/h12-14H,3-11,16H2,1-2H3. The molecular weight excluding hydrogens is 238 g/mol. The van der Waals surface area contributed by atoms with Crippen LogP contribution < -0.4 is 5.73 Å². The average molecular weight is 267 g/mol. The fraction of sp³-hybridized carbons (Fsp3) is 0.933. The molecular formula is C15H29N3O. The summed E-state index contributed by atoms with van der Waals surface area (Å²) < 4.78 is 0. The van der Waals surface area contributed by atoms with Crippen molar-refractivity contribution in [3.05, 3.63) is 0 Å². The highest BCUT2D eigenvalue weighted by molar-refractivity contribution is 5.79. The number of nitrogens with zero attached hydrogens (tertiary/aromatic N) is 2. The summed E-state index contributed by atoms with van der Waals surface area (Å²) in [5.74, 6) is 1.10. The zero-order valence-corrected chi connectivity index (χ0v) is 12.5. The van der Waals surface area contributed by atoms with Crippen LogP contribution in [-0.2, 0) is 4.79 Å². The third kappa shape index (κ3) is 3.29. The van der Waals surface area contributed by atoms with Gasteiger partial charge < -0.3 is 15.5 Å². The summed E-state index contributed by atoms with van der Waals surface area (Å²) in [7, 11) is 2.10. The van der Waals surface area contributed by atoms with E-state index in [4.69, 9.17) is 5.73 Å². The second kappa shape index (κ2) is 6.71. The number of rotatable bonds is 4. The Kier molecular flexibility index (Phi) is 5.22. The van der Waals surface area contributed by atoms with Crippen molar-refractivity contribution in [3.63, 3.8) is 0 Å². The quantitative estimate of drug-likeness (QED) is 0.835. The number of nitrogens with two attached hydrogens (primary N) is 1. The van der Waals surface area contributed by atoms with Gasteiger partial charge in [0.15, 0.2) is 0 Å². The van der Waals surface area contributed by atoms with Crippen molar-refractivity contribution in [1.29, 1.82) is 0 Å². The molecule has 1 saturated heterocycles. The van der Waals surface area contributed by atoms with Crippen LogP contribution in [0.25, 0.3) is 0 Å². The Bertz CT molecular complexity index is 308. The van der Waals surface area contributed by atoms with E-state index in [1.54, 1.807) is 0 Å². The van der Waals surface area contributed by atoms with Crippen LogP contribution in [0.5, 0.6) is 0 Å². The van der Waals surface area contributed by atoms with Gasteiger partial charge in [0, 0.05) is 19.1 Å². The normalized spacial score (nSPS) is 32.5. The minimum absolute atomic E-state index is 0.213. The van der Waals surface area contributed by atoms with E-state index >= 15 is 0 Å². The summed E-state index contributed by atoms with van der Waals surface area (Å²) >= 11 is 0. The Morgan fingerprint density at radius 1 is 1.32 bits per heavy atom. The van der Waals surface area contributed by atoms with Gasteiger partial charge in [0.25, 0.3) is 0 Å². The first-order chi connectivity index (χ1) is 9.17. The van der Waals surface area contributed by atoms with Gasteiger partial charge in [-0.15, -0.1) is 0 Å². The van der Waals surface area contributed by atoms with Crippen molar-refractivity contribution < 1.29 is 4.79 Å². The molecule has 1 heterocycles. The minimum Gasteiger partial charge on any atom is -0.339 e. The van der Waals surface area contributed by atoms with E-state index in [9.17, 15) is 4.79 Å². The molecule has 1 aliphatic heterocycles. The predicted molar refractivity (Wildman–Crippen MR) is 77.8 cm³/mol. The molecule has 4 heteroatoms. The third-order valence-corrected chi connectivity index (χ3v) is 4.94. The average Bonchev–Trinajstić information content (AvgIpc) is 2.86. The van der Waals surface area contributed by atoms with E-state index in [1.165, 1.54) is 19.3 Å². The van der Waals surface area contributed by atoms with Crippen LogP contribution >= 0.6 is 0 Å². The molecule has 1 aliphatic carbocycles. The molecule has 0 aromatic rings. The zero-order valence-electron chi connectivity index (χ0n) is 12.5. The highest BCUT2D eigenvalue weighted by Gasteiger charge is 2.36. The summed E-state index contributed by atoms with van der Waals surface area (Å²) in [4.78, 5) is 17.1. The lowest BCUT2D eigenvalue weighted by Crippen LogP contribution is -2.50. The Labute approximate surface area is 117 Å². The lowest BCUT2D eigenvalue weighted by atomic mass is 9.83. The molecule has 4 nitrogen and oxygen atoms in total. The van der Waals surface area contributed by atoms with E-state index in [2.05, 4.69) is 23.8 Å². The number of carbonyl (C=O) groups is 1. The van der Waals surface area contributed by atoms with Crippen molar-refractivity contribution in [2.75, 3.05) is 33.2 Å². The van der Waals surface area contributed by atoms with E-state index in [0.717, 1.165) is 39.0 Å². The first kappa shape index (κ1) is 14.8. The number of carbonyl (C=O) groups excluding carboxylic acids is 1. The lowest BCUT2D eigenvalue weighted by Gasteiger charge is -2.40. The number of likely N-dealkylation sites (tertiary alicyclic amines) is 1. The Hall–Kier alpha value is -0.610. The first-order valence-electron chi connectivity index (χ1n) is 7.86. The molecule has 1 amide bonds. The Morgan fingerprint density at radius 2 is 2.05 bits per heavy atom. The van der Waals surface area contributed by atoms with Gasteiger partial charge in [0.2, 0.25) is 5.91 Å². The predicted octanol–water partition coefficient (Wildman–Crippen LogP) is 1.30. The molecule has 3 atom stereocenters. The molecule has 2 aliphatic rings. The number of hydrogen-bond donors (Lipinski definition) is 1. The number of hydrogen-bond acceptors (Lipinski definition) is 3. The zero-order chi connectivity index (χ0) is 13.8. The van der Waals surface area contributed by atoms with E-state index in [0.29, 0.717) is 17.9 Å². The lowest BCUT2D eigenvalue weighted by molar-refractivity contribution is -0.139. The van der Waals surface area contributed by atoms with Crippen LogP contribution in [-0.4, -0.2) is 55.0 Å². The molecule has 0 bridgehead atoms. The smallest absolute Gasteiger partial charge is 0.227 e. The maximum atomic E-state index is 12.7. The van der Waals surface area contributed by atoms with Crippen LogP contribution in [0.4, 0.5) is 0 Å². The molecule has 0 radical (unpaired) electrons. The SMILES string of the molecule is CCN(C(=O)C1CCN(C)C1)C1CCCCC1CN. The van der Waals surface area contributed by atoms with Crippen molar-refractivity contribution in [2.45, 2.75) is 45.1 Å². The van der Waals surface area contributed by atoms with Gasteiger partial charge in [-0.1, -0.05) is 12.8 Å². The fourth-order valence-electron chi connectivity index (χ4n) is 3.80. The molecule has 2 fully saturated rings. The van der Waals surface area contributed by atoms with Gasteiger partial charge >= 0.3 is 0 Å². The third-order valence-electron chi connectivity index (χ3n) is 4.94. The number of amides is 1. The van der Waals surface area contributed by atoms with Crippen molar-refractivity contribution in [3.8, 4) is 0 Å².